The summed E-state index contributed by atoms with van der Waals surface area (Å²) in [4.78, 5) is 41.6. The molecule has 0 radical (unpaired) electrons. The van der Waals surface area contributed by atoms with Crippen molar-refractivity contribution in [3.05, 3.63) is 59.2 Å². The SMILES string of the molecule is COc1ccc(Cl)cc1NC(=O)CN1C(=O)N[C@H](Cc2c[nH]c3ccccc23)C1=O. The maximum Gasteiger partial charge on any atom is 0.325 e. The summed E-state index contributed by atoms with van der Waals surface area (Å²) < 4.78 is 5.19. The number of imide groups is 1. The third-order valence-electron chi connectivity index (χ3n) is 4.94. The van der Waals surface area contributed by atoms with Gasteiger partial charge in [-0.3, -0.25) is 14.5 Å². The minimum absolute atomic E-state index is 0.328. The van der Waals surface area contributed by atoms with Crippen molar-refractivity contribution in [3.63, 3.8) is 0 Å². The number of nitrogens with zero attached hydrogens (tertiary/aromatic N) is 1. The van der Waals surface area contributed by atoms with Gasteiger partial charge in [-0.25, -0.2) is 4.79 Å². The molecule has 0 unspecified atom stereocenters. The second kappa shape index (κ2) is 8.08. The molecule has 8 nitrogen and oxygen atoms in total. The number of rotatable bonds is 6. The Hall–Kier alpha value is -3.52. The zero-order chi connectivity index (χ0) is 21.3. The fourth-order valence-corrected chi connectivity index (χ4v) is 3.67. The number of benzene rings is 2. The number of H-pyrrole nitrogens is 1. The molecule has 2 aromatic carbocycles. The van der Waals surface area contributed by atoms with E-state index < -0.39 is 30.4 Å². The van der Waals surface area contributed by atoms with E-state index in [4.69, 9.17) is 16.3 Å². The summed E-state index contributed by atoms with van der Waals surface area (Å²) >= 11 is 5.96. The predicted molar refractivity (Wildman–Crippen MR) is 113 cm³/mol. The summed E-state index contributed by atoms with van der Waals surface area (Å²) in [5.74, 6) is -0.563. The van der Waals surface area contributed by atoms with E-state index in [0.717, 1.165) is 21.4 Å². The highest BCUT2D eigenvalue weighted by Gasteiger charge is 2.39. The molecule has 0 spiro atoms. The molecule has 0 saturated carbocycles. The van der Waals surface area contributed by atoms with Gasteiger partial charge in [-0.1, -0.05) is 29.8 Å². The molecule has 1 atom stereocenters. The zero-order valence-corrected chi connectivity index (χ0v) is 16.8. The van der Waals surface area contributed by atoms with Gasteiger partial charge in [0.15, 0.2) is 0 Å². The number of fused-ring (bicyclic) bond motifs is 1. The Morgan fingerprint density at radius 1 is 1.23 bits per heavy atom. The number of ether oxygens (including phenoxy) is 1. The van der Waals surface area contributed by atoms with Crippen molar-refractivity contribution < 1.29 is 19.1 Å². The average Bonchev–Trinajstić information content (AvgIpc) is 3.25. The van der Waals surface area contributed by atoms with Crippen LogP contribution in [0.2, 0.25) is 5.02 Å². The molecule has 0 aliphatic carbocycles. The van der Waals surface area contributed by atoms with E-state index in [-0.39, 0.29) is 0 Å². The van der Waals surface area contributed by atoms with Crippen LogP contribution in [0.3, 0.4) is 0 Å². The van der Waals surface area contributed by atoms with Gasteiger partial charge in [0.25, 0.3) is 5.91 Å². The number of anilines is 1. The second-order valence-corrected chi connectivity index (χ2v) is 7.32. The Morgan fingerprint density at radius 2 is 2.03 bits per heavy atom. The molecule has 1 saturated heterocycles. The maximum atomic E-state index is 12.7. The number of urea groups is 1. The molecule has 1 fully saturated rings. The summed E-state index contributed by atoms with van der Waals surface area (Å²) in [6.45, 7) is -0.412. The minimum atomic E-state index is -0.731. The molecule has 9 heteroatoms. The lowest BCUT2D eigenvalue weighted by Crippen LogP contribution is -2.38. The van der Waals surface area contributed by atoms with E-state index in [1.165, 1.54) is 13.2 Å². The Bertz CT molecular complexity index is 1140. The van der Waals surface area contributed by atoms with Gasteiger partial charge >= 0.3 is 6.03 Å². The number of aromatic amines is 1. The van der Waals surface area contributed by atoms with Crippen molar-refractivity contribution in [2.24, 2.45) is 0 Å². The summed E-state index contributed by atoms with van der Waals surface area (Å²) in [6, 6.07) is 11.2. The lowest BCUT2D eigenvalue weighted by Gasteiger charge is -2.14. The van der Waals surface area contributed by atoms with Crippen LogP contribution in [-0.2, 0) is 16.0 Å². The number of hydrogen-bond donors (Lipinski definition) is 3. The molecular weight excluding hydrogens is 408 g/mol. The third kappa shape index (κ3) is 3.81. The van der Waals surface area contributed by atoms with Crippen LogP contribution in [0, 0.1) is 0 Å². The van der Waals surface area contributed by atoms with E-state index in [1.54, 1.807) is 12.1 Å². The van der Waals surface area contributed by atoms with Crippen LogP contribution in [-0.4, -0.2) is 47.4 Å². The van der Waals surface area contributed by atoms with Crippen molar-refractivity contribution in [2.45, 2.75) is 12.5 Å². The van der Waals surface area contributed by atoms with Gasteiger partial charge in [0.2, 0.25) is 5.91 Å². The summed E-state index contributed by atoms with van der Waals surface area (Å²) in [7, 11) is 1.46. The number of aromatic nitrogens is 1. The fourth-order valence-electron chi connectivity index (χ4n) is 3.50. The van der Waals surface area contributed by atoms with Gasteiger partial charge in [-0.2, -0.15) is 0 Å². The molecule has 3 aromatic rings. The first-order chi connectivity index (χ1) is 14.5. The molecule has 3 N–H and O–H groups in total. The van der Waals surface area contributed by atoms with Crippen LogP contribution < -0.4 is 15.4 Å². The van der Waals surface area contributed by atoms with E-state index in [2.05, 4.69) is 15.6 Å². The minimum Gasteiger partial charge on any atom is -0.495 e. The van der Waals surface area contributed by atoms with Crippen molar-refractivity contribution in [3.8, 4) is 5.75 Å². The Labute approximate surface area is 177 Å². The molecule has 2 heterocycles. The molecule has 0 bridgehead atoms. The molecule has 1 aromatic heterocycles. The lowest BCUT2D eigenvalue weighted by molar-refractivity contribution is -0.130. The smallest absolute Gasteiger partial charge is 0.325 e. The molecule has 30 heavy (non-hydrogen) atoms. The Kier molecular flexibility index (Phi) is 5.33. The average molecular weight is 427 g/mol. The number of nitrogens with one attached hydrogen (secondary N) is 3. The number of hydrogen-bond acceptors (Lipinski definition) is 4. The van der Waals surface area contributed by atoms with Crippen LogP contribution >= 0.6 is 11.6 Å². The molecular formula is C21H19ClN4O4. The van der Waals surface area contributed by atoms with Gasteiger partial charge in [0.05, 0.1) is 12.8 Å². The van der Waals surface area contributed by atoms with Crippen LogP contribution in [0.4, 0.5) is 10.5 Å². The summed E-state index contributed by atoms with van der Waals surface area (Å²) in [6.07, 6.45) is 2.15. The number of halogens is 1. The van der Waals surface area contributed by atoms with Gasteiger partial charge in [-0.15, -0.1) is 0 Å². The highest BCUT2D eigenvalue weighted by molar-refractivity contribution is 6.31. The number of carbonyl (C=O) groups excluding carboxylic acids is 3. The van der Waals surface area contributed by atoms with Crippen LogP contribution in [0.15, 0.2) is 48.7 Å². The van der Waals surface area contributed by atoms with Gasteiger partial charge in [-0.05, 0) is 29.8 Å². The van der Waals surface area contributed by atoms with Crippen molar-refractivity contribution in [2.75, 3.05) is 19.0 Å². The van der Waals surface area contributed by atoms with E-state index >= 15 is 0 Å². The first kappa shape index (κ1) is 19.8. The number of carbonyl (C=O) groups is 3. The number of para-hydroxylation sites is 1. The highest BCUT2D eigenvalue weighted by atomic mass is 35.5. The molecule has 4 amide bonds. The maximum absolute atomic E-state index is 12.7. The van der Waals surface area contributed by atoms with Crippen molar-refractivity contribution in [1.29, 1.82) is 0 Å². The van der Waals surface area contributed by atoms with Crippen LogP contribution in [0.25, 0.3) is 10.9 Å². The normalized spacial score (nSPS) is 16.1. The quantitative estimate of drug-likeness (QED) is 0.527. The summed E-state index contributed by atoms with van der Waals surface area (Å²) in [5, 5.41) is 6.69. The number of methoxy groups -OCH3 is 1. The fraction of sp³-hybridized carbons (Fsp3) is 0.190. The molecule has 1 aliphatic rings. The van der Waals surface area contributed by atoms with Crippen LogP contribution in [0.5, 0.6) is 5.75 Å². The van der Waals surface area contributed by atoms with E-state index in [0.29, 0.717) is 22.9 Å². The first-order valence-corrected chi connectivity index (χ1v) is 9.64. The lowest BCUT2D eigenvalue weighted by atomic mass is 10.1. The third-order valence-corrected chi connectivity index (χ3v) is 5.18. The molecule has 154 valence electrons. The topological polar surface area (TPSA) is 104 Å². The second-order valence-electron chi connectivity index (χ2n) is 6.88. The van der Waals surface area contributed by atoms with Crippen LogP contribution in [0.1, 0.15) is 5.56 Å². The Balaban J connectivity index is 1.44. The standard InChI is InChI=1S/C21H19ClN4O4/c1-30-18-7-6-13(22)9-16(18)24-19(27)11-26-20(28)17(25-21(26)29)8-12-10-23-15-5-3-2-4-14(12)15/h2-7,9-10,17,23H,8,11H2,1H3,(H,24,27)(H,25,29)/t17-/m1/s1. The van der Waals surface area contributed by atoms with E-state index in [1.807, 2.05) is 30.5 Å². The predicted octanol–water partition coefficient (Wildman–Crippen LogP) is 2.93. The zero-order valence-electron chi connectivity index (χ0n) is 16.1. The first-order valence-electron chi connectivity index (χ1n) is 9.26. The van der Waals surface area contributed by atoms with Gasteiger partial charge in [0.1, 0.15) is 18.3 Å². The van der Waals surface area contributed by atoms with Crippen molar-refractivity contribution >= 4 is 46.0 Å². The molecule has 4 rings (SSSR count). The Morgan fingerprint density at radius 3 is 2.83 bits per heavy atom. The van der Waals surface area contributed by atoms with E-state index in [9.17, 15) is 14.4 Å². The monoisotopic (exact) mass is 426 g/mol. The van der Waals surface area contributed by atoms with Crippen molar-refractivity contribution in [1.82, 2.24) is 15.2 Å². The molecule has 1 aliphatic heterocycles. The largest absolute Gasteiger partial charge is 0.495 e. The van der Waals surface area contributed by atoms with Gasteiger partial charge < -0.3 is 20.4 Å². The number of amides is 4. The summed E-state index contributed by atoms with van der Waals surface area (Å²) in [5.41, 5.74) is 2.23. The highest BCUT2D eigenvalue weighted by Crippen LogP contribution is 2.28. The van der Waals surface area contributed by atoms with Gasteiger partial charge in [0, 0.05) is 28.5 Å².